The van der Waals surface area contributed by atoms with Crippen molar-refractivity contribution in [3.63, 3.8) is 0 Å². The third-order valence-electron chi connectivity index (χ3n) is 2.01. The van der Waals surface area contributed by atoms with Crippen LogP contribution in [0.1, 0.15) is 19.8 Å². The molecule has 4 nitrogen and oxygen atoms in total. The number of aromatic nitrogens is 1. The summed E-state index contributed by atoms with van der Waals surface area (Å²) < 4.78 is 0. The van der Waals surface area contributed by atoms with Gasteiger partial charge in [0.25, 0.3) is 0 Å². The first-order valence-corrected chi connectivity index (χ1v) is 6.16. The minimum Gasteiger partial charge on any atom is -0.409 e. The molecule has 1 atom stereocenters. The number of amidine groups is 1. The molecule has 88 valence electrons. The van der Waals surface area contributed by atoms with Crippen molar-refractivity contribution >= 4 is 29.2 Å². The van der Waals surface area contributed by atoms with Crippen LogP contribution in [0.25, 0.3) is 0 Å². The number of nitrogens with two attached hydrogens (primary N) is 1. The van der Waals surface area contributed by atoms with Gasteiger partial charge in [0.15, 0.2) is 0 Å². The lowest BCUT2D eigenvalue weighted by molar-refractivity contribution is 0.316. The van der Waals surface area contributed by atoms with Crippen molar-refractivity contribution in [1.29, 1.82) is 0 Å². The van der Waals surface area contributed by atoms with Gasteiger partial charge in [-0.1, -0.05) is 23.7 Å². The highest BCUT2D eigenvalue weighted by Crippen LogP contribution is 2.26. The molecule has 0 bridgehead atoms. The van der Waals surface area contributed by atoms with Gasteiger partial charge in [-0.3, -0.25) is 0 Å². The normalized spacial score (nSPS) is 13.8. The number of halogens is 1. The Labute approximate surface area is 104 Å². The van der Waals surface area contributed by atoms with E-state index in [0.29, 0.717) is 11.4 Å². The Morgan fingerprint density at radius 3 is 2.94 bits per heavy atom. The van der Waals surface area contributed by atoms with Gasteiger partial charge in [-0.2, -0.15) is 0 Å². The minimum absolute atomic E-state index is 0.244. The first kappa shape index (κ1) is 13.1. The molecule has 0 fully saturated rings. The van der Waals surface area contributed by atoms with Crippen molar-refractivity contribution in [2.75, 3.05) is 0 Å². The van der Waals surface area contributed by atoms with E-state index in [1.165, 1.54) is 0 Å². The van der Waals surface area contributed by atoms with Gasteiger partial charge in [-0.15, -0.1) is 11.8 Å². The number of hydrogen-bond donors (Lipinski definition) is 2. The average Bonchev–Trinajstić information content (AvgIpc) is 2.30. The Kier molecular flexibility index (Phi) is 5.42. The van der Waals surface area contributed by atoms with E-state index in [0.717, 1.165) is 11.4 Å². The van der Waals surface area contributed by atoms with Crippen molar-refractivity contribution in [3.8, 4) is 0 Å². The highest BCUT2D eigenvalue weighted by atomic mass is 35.5. The topological polar surface area (TPSA) is 71.5 Å². The van der Waals surface area contributed by atoms with E-state index in [-0.39, 0.29) is 11.1 Å². The standard InChI is InChI=1S/C10H14ClN3OS/c1-2-8(5-9(12)14-15)16-10-4-3-7(11)6-13-10/h3-4,6,8,15H,2,5H2,1H3,(H2,12,14). The summed E-state index contributed by atoms with van der Waals surface area (Å²) in [6.07, 6.45) is 3.08. The summed E-state index contributed by atoms with van der Waals surface area (Å²) in [6, 6.07) is 3.66. The molecule has 1 unspecified atom stereocenters. The monoisotopic (exact) mass is 259 g/mol. The summed E-state index contributed by atoms with van der Waals surface area (Å²) in [6.45, 7) is 2.05. The molecule has 0 aromatic carbocycles. The Balaban J connectivity index is 2.59. The van der Waals surface area contributed by atoms with E-state index >= 15 is 0 Å². The second-order valence-corrected chi connectivity index (χ2v) is 5.02. The van der Waals surface area contributed by atoms with Gasteiger partial charge in [-0.25, -0.2) is 4.98 Å². The molecule has 1 aromatic heterocycles. The van der Waals surface area contributed by atoms with Gasteiger partial charge < -0.3 is 10.9 Å². The third kappa shape index (κ3) is 4.28. The number of nitrogens with zero attached hydrogens (tertiary/aromatic N) is 2. The van der Waals surface area contributed by atoms with Gasteiger partial charge in [0.05, 0.1) is 10.0 Å². The molecule has 0 radical (unpaired) electrons. The second kappa shape index (κ2) is 6.60. The highest BCUT2D eigenvalue weighted by molar-refractivity contribution is 7.99. The molecule has 0 aliphatic carbocycles. The van der Waals surface area contributed by atoms with Crippen LogP contribution in [0.15, 0.2) is 28.5 Å². The molecule has 0 saturated heterocycles. The molecule has 16 heavy (non-hydrogen) atoms. The van der Waals surface area contributed by atoms with Crippen molar-refractivity contribution in [3.05, 3.63) is 23.4 Å². The first-order chi connectivity index (χ1) is 7.65. The van der Waals surface area contributed by atoms with Crippen LogP contribution < -0.4 is 5.73 Å². The van der Waals surface area contributed by atoms with Gasteiger partial charge in [0, 0.05) is 17.9 Å². The zero-order valence-electron chi connectivity index (χ0n) is 8.93. The van der Waals surface area contributed by atoms with Crippen LogP contribution >= 0.6 is 23.4 Å². The van der Waals surface area contributed by atoms with Crippen LogP contribution in [-0.2, 0) is 0 Å². The molecule has 3 N–H and O–H groups in total. The first-order valence-electron chi connectivity index (χ1n) is 4.90. The van der Waals surface area contributed by atoms with Gasteiger partial charge in [0.1, 0.15) is 5.84 Å². The number of pyridine rings is 1. The van der Waals surface area contributed by atoms with Crippen molar-refractivity contribution in [2.24, 2.45) is 10.9 Å². The molecule has 0 aliphatic rings. The number of rotatable bonds is 5. The maximum Gasteiger partial charge on any atom is 0.140 e. The SMILES string of the molecule is CCC(CC(N)=NO)Sc1ccc(Cl)cn1. The van der Waals surface area contributed by atoms with E-state index in [9.17, 15) is 0 Å². The minimum atomic E-state index is 0.244. The summed E-state index contributed by atoms with van der Waals surface area (Å²) in [4.78, 5) is 4.19. The Morgan fingerprint density at radius 1 is 1.69 bits per heavy atom. The lowest BCUT2D eigenvalue weighted by Crippen LogP contribution is -2.18. The predicted molar refractivity (Wildman–Crippen MR) is 67.2 cm³/mol. The van der Waals surface area contributed by atoms with Crippen molar-refractivity contribution < 1.29 is 5.21 Å². The van der Waals surface area contributed by atoms with Crippen LogP contribution in [0.4, 0.5) is 0 Å². The van der Waals surface area contributed by atoms with Crippen LogP contribution in [0, 0.1) is 0 Å². The van der Waals surface area contributed by atoms with E-state index in [1.807, 2.05) is 6.07 Å². The summed E-state index contributed by atoms with van der Waals surface area (Å²) >= 11 is 7.34. The molecular formula is C10H14ClN3OS. The Morgan fingerprint density at radius 2 is 2.44 bits per heavy atom. The lowest BCUT2D eigenvalue weighted by atomic mass is 10.2. The number of oxime groups is 1. The largest absolute Gasteiger partial charge is 0.409 e. The van der Waals surface area contributed by atoms with E-state index in [1.54, 1.807) is 24.0 Å². The molecule has 1 rings (SSSR count). The van der Waals surface area contributed by atoms with E-state index < -0.39 is 0 Å². The van der Waals surface area contributed by atoms with Gasteiger partial charge in [0.2, 0.25) is 0 Å². The maximum absolute atomic E-state index is 8.50. The molecule has 0 aliphatic heterocycles. The zero-order valence-corrected chi connectivity index (χ0v) is 10.5. The quantitative estimate of drug-likeness (QED) is 0.280. The molecule has 1 aromatic rings. The van der Waals surface area contributed by atoms with Crippen LogP contribution in [0.5, 0.6) is 0 Å². The molecular weight excluding hydrogens is 246 g/mol. The molecule has 1 heterocycles. The van der Waals surface area contributed by atoms with Crippen LogP contribution in [-0.4, -0.2) is 21.3 Å². The summed E-state index contributed by atoms with van der Waals surface area (Å²) in [7, 11) is 0. The number of thioether (sulfide) groups is 1. The molecule has 0 amide bonds. The fourth-order valence-electron chi connectivity index (χ4n) is 1.15. The van der Waals surface area contributed by atoms with E-state index in [4.69, 9.17) is 22.5 Å². The van der Waals surface area contributed by atoms with Crippen molar-refractivity contribution in [1.82, 2.24) is 4.98 Å². The molecule has 6 heteroatoms. The van der Waals surface area contributed by atoms with Crippen molar-refractivity contribution in [2.45, 2.75) is 30.0 Å². The summed E-state index contributed by atoms with van der Waals surface area (Å²) in [5.41, 5.74) is 5.47. The van der Waals surface area contributed by atoms with Gasteiger partial charge >= 0.3 is 0 Å². The fraction of sp³-hybridized carbons (Fsp3) is 0.400. The molecule has 0 saturated carbocycles. The smallest absolute Gasteiger partial charge is 0.140 e. The second-order valence-electron chi connectivity index (χ2n) is 3.26. The summed E-state index contributed by atoms with van der Waals surface area (Å²) in [5.74, 6) is 0.244. The highest BCUT2D eigenvalue weighted by Gasteiger charge is 2.11. The van der Waals surface area contributed by atoms with Gasteiger partial charge in [-0.05, 0) is 18.6 Å². The van der Waals surface area contributed by atoms with Crippen LogP contribution in [0.3, 0.4) is 0 Å². The average molecular weight is 260 g/mol. The van der Waals surface area contributed by atoms with Crippen LogP contribution in [0.2, 0.25) is 5.02 Å². The number of hydrogen-bond acceptors (Lipinski definition) is 4. The summed E-state index contributed by atoms with van der Waals surface area (Å²) in [5, 5.41) is 13.2. The Bertz CT molecular complexity index is 356. The zero-order chi connectivity index (χ0) is 12.0. The lowest BCUT2D eigenvalue weighted by Gasteiger charge is -2.12. The predicted octanol–water partition coefficient (Wildman–Crippen LogP) is 2.74. The third-order valence-corrected chi connectivity index (χ3v) is 3.55. The maximum atomic E-state index is 8.50. The Hall–Kier alpha value is -0.940. The van der Waals surface area contributed by atoms with E-state index in [2.05, 4.69) is 17.1 Å². The molecule has 0 spiro atoms. The fourth-order valence-corrected chi connectivity index (χ4v) is 2.28.